The third-order valence-electron chi connectivity index (χ3n) is 4.33. The molecule has 1 atom stereocenters. The molecule has 2 N–H and O–H groups in total. The topological polar surface area (TPSA) is 56.7 Å². The van der Waals surface area contributed by atoms with E-state index in [1.54, 1.807) is 0 Å². The molecule has 0 aliphatic carbocycles. The first-order chi connectivity index (χ1) is 11.4. The minimum absolute atomic E-state index is 0. The lowest BCUT2D eigenvalue weighted by molar-refractivity contribution is 0.203. The van der Waals surface area contributed by atoms with E-state index in [9.17, 15) is 4.21 Å². The van der Waals surface area contributed by atoms with Gasteiger partial charge in [0, 0.05) is 47.0 Å². The highest BCUT2D eigenvalue weighted by molar-refractivity contribution is 14.0. The van der Waals surface area contributed by atoms with Crippen molar-refractivity contribution in [2.24, 2.45) is 4.99 Å². The first-order valence-corrected chi connectivity index (χ1v) is 10.8. The Hall–Kier alpha value is 0.110. The van der Waals surface area contributed by atoms with Crippen LogP contribution in [0.4, 0.5) is 0 Å². The number of piperidine rings is 1. The van der Waals surface area contributed by atoms with Crippen LogP contribution in [0.2, 0.25) is 0 Å². The number of halogens is 1. The molecule has 25 heavy (non-hydrogen) atoms. The van der Waals surface area contributed by atoms with Gasteiger partial charge in [-0.1, -0.05) is 13.3 Å². The van der Waals surface area contributed by atoms with Crippen molar-refractivity contribution < 1.29 is 4.21 Å². The van der Waals surface area contributed by atoms with Crippen molar-refractivity contribution in [3.05, 3.63) is 0 Å². The number of hydrogen-bond donors (Lipinski definition) is 2. The van der Waals surface area contributed by atoms with Crippen molar-refractivity contribution in [2.75, 3.05) is 38.5 Å². The van der Waals surface area contributed by atoms with E-state index in [0.29, 0.717) is 18.3 Å². The van der Waals surface area contributed by atoms with Crippen LogP contribution < -0.4 is 10.6 Å². The van der Waals surface area contributed by atoms with Gasteiger partial charge in [-0.2, -0.15) is 0 Å². The number of likely N-dealkylation sites (tertiary alicyclic amines) is 1. The molecule has 0 bridgehead atoms. The molecule has 0 aromatic carbocycles. The van der Waals surface area contributed by atoms with Crippen molar-refractivity contribution in [3.8, 4) is 0 Å². The second kappa shape index (κ2) is 13.3. The van der Waals surface area contributed by atoms with E-state index >= 15 is 0 Å². The molecule has 0 saturated carbocycles. The van der Waals surface area contributed by atoms with Crippen LogP contribution in [0, 0.1) is 0 Å². The van der Waals surface area contributed by atoms with Crippen molar-refractivity contribution in [2.45, 2.75) is 71.1 Å². The second-order valence-corrected chi connectivity index (χ2v) is 9.86. The number of unbranched alkanes of at least 4 members (excludes halogenated alkanes) is 1. The zero-order valence-corrected chi connectivity index (χ0v) is 19.9. The summed E-state index contributed by atoms with van der Waals surface area (Å²) in [5, 5.41) is 6.87. The van der Waals surface area contributed by atoms with Gasteiger partial charge in [-0.05, 0) is 53.5 Å². The second-order valence-electron chi connectivity index (χ2n) is 7.54. The third-order valence-corrected chi connectivity index (χ3v) is 6.25. The van der Waals surface area contributed by atoms with Gasteiger partial charge in [0.2, 0.25) is 0 Å². The first-order valence-electron chi connectivity index (χ1n) is 9.52. The number of aliphatic imine (C=N–C) groups is 1. The fraction of sp³-hybridized carbons (Fsp3) is 0.944. The smallest absolute Gasteiger partial charge is 0.191 e. The molecule has 1 heterocycles. The summed E-state index contributed by atoms with van der Waals surface area (Å²) in [4.78, 5) is 7.19. The molecule has 0 spiro atoms. The van der Waals surface area contributed by atoms with Crippen LogP contribution in [-0.4, -0.2) is 64.3 Å². The summed E-state index contributed by atoms with van der Waals surface area (Å²) < 4.78 is 12.0. The molecule has 1 aliphatic heterocycles. The fourth-order valence-corrected chi connectivity index (χ4v) is 3.61. The van der Waals surface area contributed by atoms with Crippen LogP contribution in [0.25, 0.3) is 0 Å². The van der Waals surface area contributed by atoms with Crippen molar-refractivity contribution in [1.82, 2.24) is 15.5 Å². The lowest BCUT2D eigenvalue weighted by atomic mass is 10.0. The molecule has 1 rings (SSSR count). The number of hydrogen-bond acceptors (Lipinski definition) is 3. The molecule has 0 aromatic heterocycles. The van der Waals surface area contributed by atoms with E-state index in [1.807, 2.05) is 20.8 Å². The molecule has 7 heteroatoms. The Kier molecular flexibility index (Phi) is 13.4. The van der Waals surface area contributed by atoms with Crippen molar-refractivity contribution in [1.29, 1.82) is 0 Å². The SMILES string of the molecule is CCCCN1CCC(NC(=NCCS(=O)C(C)(C)C)NCC)CC1.I. The summed E-state index contributed by atoms with van der Waals surface area (Å²) >= 11 is 0. The molecule has 150 valence electrons. The summed E-state index contributed by atoms with van der Waals surface area (Å²) in [5.41, 5.74) is 0. The average Bonchev–Trinajstić information content (AvgIpc) is 2.53. The van der Waals surface area contributed by atoms with Crippen molar-refractivity contribution >= 4 is 40.7 Å². The van der Waals surface area contributed by atoms with Gasteiger partial charge >= 0.3 is 0 Å². The molecule has 1 aliphatic rings. The first kappa shape index (κ1) is 25.1. The van der Waals surface area contributed by atoms with Crippen LogP contribution >= 0.6 is 24.0 Å². The number of nitrogens with one attached hydrogen (secondary N) is 2. The van der Waals surface area contributed by atoms with Gasteiger partial charge in [0.05, 0.1) is 6.54 Å². The standard InChI is InChI=1S/C18H38N4OS.HI/c1-6-8-12-22-13-9-16(10-14-22)21-17(19-7-2)20-11-15-24(23)18(3,4)5;/h16H,6-15H2,1-5H3,(H2,19,20,21);1H. The predicted molar refractivity (Wildman–Crippen MR) is 122 cm³/mol. The molecule has 0 radical (unpaired) electrons. The normalized spacial score (nSPS) is 18.5. The minimum Gasteiger partial charge on any atom is -0.357 e. The maximum Gasteiger partial charge on any atom is 0.191 e. The third kappa shape index (κ3) is 10.8. The van der Waals surface area contributed by atoms with E-state index in [0.717, 1.165) is 12.5 Å². The largest absolute Gasteiger partial charge is 0.357 e. The minimum atomic E-state index is -0.842. The van der Waals surface area contributed by atoms with Gasteiger partial charge in [0.1, 0.15) is 0 Å². The van der Waals surface area contributed by atoms with E-state index in [4.69, 9.17) is 0 Å². The van der Waals surface area contributed by atoms with Gasteiger partial charge in [-0.15, -0.1) is 24.0 Å². The maximum atomic E-state index is 12.1. The van der Waals surface area contributed by atoms with E-state index in [-0.39, 0.29) is 28.7 Å². The summed E-state index contributed by atoms with van der Waals surface area (Å²) in [6.45, 7) is 15.4. The van der Waals surface area contributed by atoms with Crippen LogP contribution in [0.1, 0.15) is 60.3 Å². The summed E-state index contributed by atoms with van der Waals surface area (Å²) in [7, 11) is -0.842. The quantitative estimate of drug-likeness (QED) is 0.315. The van der Waals surface area contributed by atoms with Gasteiger partial charge in [-0.3, -0.25) is 9.20 Å². The van der Waals surface area contributed by atoms with Gasteiger partial charge in [-0.25, -0.2) is 0 Å². The molecule has 0 amide bonds. The highest BCUT2D eigenvalue weighted by Crippen LogP contribution is 2.12. The van der Waals surface area contributed by atoms with Gasteiger partial charge in [0.15, 0.2) is 5.96 Å². The van der Waals surface area contributed by atoms with Crippen LogP contribution in [0.3, 0.4) is 0 Å². The predicted octanol–water partition coefficient (Wildman–Crippen LogP) is 2.97. The monoisotopic (exact) mass is 486 g/mol. The van der Waals surface area contributed by atoms with E-state index < -0.39 is 10.8 Å². The summed E-state index contributed by atoms with van der Waals surface area (Å²) in [5.74, 6) is 1.49. The van der Waals surface area contributed by atoms with Crippen LogP contribution in [-0.2, 0) is 10.8 Å². The number of rotatable bonds is 8. The lowest BCUT2D eigenvalue weighted by Gasteiger charge is -2.33. The molecule has 1 unspecified atom stereocenters. The Bertz CT molecular complexity index is 404. The van der Waals surface area contributed by atoms with E-state index in [1.165, 1.54) is 45.3 Å². The Morgan fingerprint density at radius 1 is 1.24 bits per heavy atom. The Morgan fingerprint density at radius 2 is 1.88 bits per heavy atom. The maximum absolute atomic E-state index is 12.1. The number of guanidine groups is 1. The molecule has 1 fully saturated rings. The zero-order valence-electron chi connectivity index (χ0n) is 16.8. The zero-order chi connectivity index (χ0) is 18.0. The van der Waals surface area contributed by atoms with Crippen LogP contribution in [0.15, 0.2) is 4.99 Å². The highest BCUT2D eigenvalue weighted by atomic mass is 127. The summed E-state index contributed by atoms with van der Waals surface area (Å²) in [6, 6.07) is 0.494. The van der Waals surface area contributed by atoms with Crippen LogP contribution in [0.5, 0.6) is 0 Å². The van der Waals surface area contributed by atoms with Crippen molar-refractivity contribution in [3.63, 3.8) is 0 Å². The Balaban J connectivity index is 0.00000576. The molecular formula is C18H39IN4OS. The summed E-state index contributed by atoms with van der Waals surface area (Å²) in [6.07, 6.45) is 4.91. The van der Waals surface area contributed by atoms with E-state index in [2.05, 4.69) is 34.4 Å². The van der Waals surface area contributed by atoms with Gasteiger partial charge < -0.3 is 15.5 Å². The van der Waals surface area contributed by atoms with Gasteiger partial charge in [0.25, 0.3) is 0 Å². The fourth-order valence-electron chi connectivity index (χ4n) is 2.74. The Morgan fingerprint density at radius 3 is 2.40 bits per heavy atom. The molecule has 5 nitrogen and oxygen atoms in total. The highest BCUT2D eigenvalue weighted by Gasteiger charge is 2.20. The molecule has 0 aromatic rings. The lowest BCUT2D eigenvalue weighted by Crippen LogP contribution is -2.49. The Labute approximate surface area is 174 Å². The average molecular weight is 487 g/mol. The number of nitrogens with zero attached hydrogens (tertiary/aromatic N) is 2. The molecular weight excluding hydrogens is 447 g/mol. The molecule has 1 saturated heterocycles.